The maximum absolute atomic E-state index is 11.5. The summed E-state index contributed by atoms with van der Waals surface area (Å²) in [6, 6.07) is 1.72. The van der Waals surface area contributed by atoms with Gasteiger partial charge in [-0.2, -0.15) is 0 Å². The van der Waals surface area contributed by atoms with E-state index in [2.05, 4.69) is 14.9 Å². The number of nitrogens with zero attached hydrogens (tertiary/aromatic N) is 3. The monoisotopic (exact) mass is 310 g/mol. The average Bonchev–Trinajstić information content (AvgIpc) is 3.01. The molecule has 114 valence electrons. The normalized spacial score (nSPS) is 11.6. The molecule has 2 rings (SSSR count). The molecule has 2 heterocycles. The van der Waals surface area contributed by atoms with Crippen molar-refractivity contribution in [2.75, 3.05) is 13.0 Å². The fourth-order valence-corrected chi connectivity index (χ4v) is 2.59. The Bertz CT molecular complexity index is 642. The maximum atomic E-state index is 11.5. The van der Waals surface area contributed by atoms with Gasteiger partial charge in [0, 0.05) is 16.7 Å². The van der Waals surface area contributed by atoms with Crippen molar-refractivity contribution in [3.63, 3.8) is 0 Å². The van der Waals surface area contributed by atoms with Crippen molar-refractivity contribution in [3.05, 3.63) is 29.5 Å². The smallest absolute Gasteiger partial charge is 0.374 e. The summed E-state index contributed by atoms with van der Waals surface area (Å²) >= 11 is 1.38. The summed E-state index contributed by atoms with van der Waals surface area (Å²) in [6.07, 6.45) is 1.45. The zero-order chi connectivity index (χ0) is 15.6. The van der Waals surface area contributed by atoms with Crippen LogP contribution in [-0.4, -0.2) is 28.0 Å². The van der Waals surface area contributed by atoms with Crippen LogP contribution < -0.4 is 5.84 Å². The fraction of sp³-hybridized carbons (Fsp3) is 0.462. The molecule has 7 nitrogen and oxygen atoms in total. The summed E-state index contributed by atoms with van der Waals surface area (Å²) in [7, 11) is 1.31. The molecule has 2 aromatic rings. The van der Waals surface area contributed by atoms with Crippen molar-refractivity contribution in [2.45, 2.75) is 37.1 Å². The minimum atomic E-state index is -0.500. The molecule has 0 spiro atoms. The van der Waals surface area contributed by atoms with Crippen molar-refractivity contribution in [3.8, 4) is 0 Å². The second-order valence-electron chi connectivity index (χ2n) is 5.48. The van der Waals surface area contributed by atoms with Gasteiger partial charge >= 0.3 is 5.97 Å². The van der Waals surface area contributed by atoms with Crippen molar-refractivity contribution >= 4 is 17.7 Å². The van der Waals surface area contributed by atoms with Gasteiger partial charge in [0.25, 0.3) is 0 Å². The summed E-state index contributed by atoms with van der Waals surface area (Å²) in [5, 5.41) is 8.77. The molecule has 0 unspecified atom stereocenters. The van der Waals surface area contributed by atoms with Gasteiger partial charge < -0.3 is 15.0 Å². The first kappa shape index (κ1) is 15.4. The van der Waals surface area contributed by atoms with Gasteiger partial charge in [0.2, 0.25) is 10.9 Å². The van der Waals surface area contributed by atoms with Crippen LogP contribution in [0.4, 0.5) is 0 Å². The van der Waals surface area contributed by atoms with E-state index in [9.17, 15) is 4.79 Å². The van der Waals surface area contributed by atoms with Gasteiger partial charge in [0.05, 0.1) is 13.4 Å². The average molecular weight is 310 g/mol. The van der Waals surface area contributed by atoms with E-state index in [1.54, 1.807) is 6.07 Å². The number of hydrogen-bond donors (Lipinski definition) is 1. The van der Waals surface area contributed by atoms with Gasteiger partial charge in [-0.05, 0) is 6.07 Å². The van der Waals surface area contributed by atoms with Crippen LogP contribution in [0, 0.1) is 0 Å². The van der Waals surface area contributed by atoms with E-state index in [-0.39, 0.29) is 11.2 Å². The van der Waals surface area contributed by atoms with Crippen LogP contribution in [0.1, 0.15) is 42.7 Å². The predicted molar refractivity (Wildman–Crippen MR) is 78.5 cm³/mol. The van der Waals surface area contributed by atoms with E-state index < -0.39 is 5.97 Å². The van der Waals surface area contributed by atoms with Crippen LogP contribution in [0.15, 0.2) is 21.9 Å². The van der Waals surface area contributed by atoms with E-state index in [0.29, 0.717) is 16.7 Å². The molecule has 2 N–H and O–H groups in total. The third kappa shape index (κ3) is 3.21. The highest BCUT2D eigenvalue weighted by molar-refractivity contribution is 7.98. The van der Waals surface area contributed by atoms with Gasteiger partial charge in [-0.3, -0.25) is 0 Å². The highest BCUT2D eigenvalue weighted by Crippen LogP contribution is 2.26. The lowest BCUT2D eigenvalue weighted by Gasteiger charge is -2.16. The lowest BCUT2D eigenvalue weighted by atomic mass is 9.96. The standard InChI is InChI=1S/C13H18N4O3S/c1-13(2,3)11-15-16-12(17(11)14)21-7-8-5-6-20-9(8)10(18)19-4/h5-6H,7,14H2,1-4H3. The number of nitrogen functional groups attached to an aromatic ring is 1. The summed E-state index contributed by atoms with van der Waals surface area (Å²) in [5.41, 5.74) is 0.542. The summed E-state index contributed by atoms with van der Waals surface area (Å²) in [6.45, 7) is 6.04. The van der Waals surface area contributed by atoms with Gasteiger partial charge in [-0.1, -0.05) is 32.5 Å². The van der Waals surface area contributed by atoms with E-state index in [0.717, 1.165) is 5.56 Å². The lowest BCUT2D eigenvalue weighted by Crippen LogP contribution is -2.24. The second-order valence-corrected chi connectivity index (χ2v) is 6.42. The van der Waals surface area contributed by atoms with Crippen LogP contribution in [0.5, 0.6) is 0 Å². The predicted octanol–water partition coefficient (Wildman–Crippen LogP) is 1.96. The summed E-state index contributed by atoms with van der Waals surface area (Å²) in [4.78, 5) is 11.5. The first-order chi connectivity index (χ1) is 9.84. The van der Waals surface area contributed by atoms with E-state index in [1.165, 1.54) is 29.8 Å². The molecule has 8 heteroatoms. The molecule has 0 saturated carbocycles. The third-order valence-electron chi connectivity index (χ3n) is 2.81. The first-order valence-electron chi connectivity index (χ1n) is 6.33. The Morgan fingerprint density at radius 2 is 2.19 bits per heavy atom. The Morgan fingerprint density at radius 3 is 2.76 bits per heavy atom. The molecule has 0 fully saturated rings. The SMILES string of the molecule is COC(=O)c1occc1CSc1nnc(C(C)(C)C)n1N. The Labute approximate surface area is 126 Å². The maximum Gasteiger partial charge on any atom is 0.374 e. The largest absolute Gasteiger partial charge is 0.463 e. The van der Waals surface area contributed by atoms with Crippen LogP contribution in [0.25, 0.3) is 0 Å². The van der Waals surface area contributed by atoms with E-state index in [4.69, 9.17) is 10.3 Å². The van der Waals surface area contributed by atoms with Crippen molar-refractivity contribution in [1.82, 2.24) is 14.9 Å². The number of aromatic nitrogens is 3. The Morgan fingerprint density at radius 1 is 1.48 bits per heavy atom. The van der Waals surface area contributed by atoms with Crippen LogP contribution in [-0.2, 0) is 15.9 Å². The van der Waals surface area contributed by atoms with Gasteiger partial charge in [-0.25, -0.2) is 9.47 Å². The fourth-order valence-electron chi connectivity index (χ4n) is 1.75. The number of nitrogens with two attached hydrogens (primary N) is 1. The highest BCUT2D eigenvalue weighted by atomic mass is 32.2. The minimum Gasteiger partial charge on any atom is -0.463 e. The Hall–Kier alpha value is -1.96. The molecular weight excluding hydrogens is 292 g/mol. The number of furan rings is 1. The minimum absolute atomic E-state index is 0.187. The van der Waals surface area contributed by atoms with Crippen LogP contribution in [0.3, 0.4) is 0 Å². The Balaban J connectivity index is 2.13. The molecule has 0 aliphatic rings. The van der Waals surface area contributed by atoms with Crippen molar-refractivity contribution in [2.24, 2.45) is 0 Å². The molecule has 0 radical (unpaired) electrons. The van der Waals surface area contributed by atoms with Crippen molar-refractivity contribution < 1.29 is 13.9 Å². The van der Waals surface area contributed by atoms with E-state index in [1.807, 2.05) is 20.8 Å². The molecule has 0 aliphatic heterocycles. The van der Waals surface area contributed by atoms with Gasteiger partial charge in [0.15, 0.2) is 5.82 Å². The molecule has 21 heavy (non-hydrogen) atoms. The molecular formula is C13H18N4O3S. The zero-order valence-corrected chi connectivity index (χ0v) is 13.2. The molecule has 0 amide bonds. The van der Waals surface area contributed by atoms with Gasteiger partial charge in [-0.15, -0.1) is 10.2 Å². The number of methoxy groups -OCH3 is 1. The lowest BCUT2D eigenvalue weighted by molar-refractivity contribution is 0.0564. The zero-order valence-electron chi connectivity index (χ0n) is 12.4. The quantitative estimate of drug-likeness (QED) is 0.524. The molecule has 2 aromatic heterocycles. The van der Waals surface area contributed by atoms with Crippen LogP contribution in [0.2, 0.25) is 0 Å². The number of ether oxygens (including phenoxy) is 1. The number of thioether (sulfide) groups is 1. The molecule has 0 saturated heterocycles. The number of rotatable bonds is 4. The third-order valence-corrected chi connectivity index (χ3v) is 3.80. The van der Waals surface area contributed by atoms with Crippen LogP contribution >= 0.6 is 11.8 Å². The number of esters is 1. The molecule has 0 atom stereocenters. The number of carbonyl (C=O) groups excluding carboxylic acids is 1. The topological polar surface area (TPSA) is 96.2 Å². The number of carbonyl (C=O) groups is 1. The van der Waals surface area contributed by atoms with Gasteiger partial charge in [0.1, 0.15) is 0 Å². The molecule has 0 bridgehead atoms. The molecule has 0 aliphatic carbocycles. The van der Waals surface area contributed by atoms with Crippen molar-refractivity contribution in [1.29, 1.82) is 0 Å². The van der Waals surface area contributed by atoms with E-state index >= 15 is 0 Å². The first-order valence-corrected chi connectivity index (χ1v) is 7.31. The summed E-state index contributed by atoms with van der Waals surface area (Å²) < 4.78 is 11.3. The number of hydrogen-bond acceptors (Lipinski definition) is 7. The molecule has 0 aromatic carbocycles. The Kier molecular flexibility index (Phi) is 4.26. The highest BCUT2D eigenvalue weighted by Gasteiger charge is 2.23. The second kappa shape index (κ2) is 5.80. The summed E-state index contributed by atoms with van der Waals surface area (Å²) in [5.74, 6) is 6.89.